The first-order valence-corrected chi connectivity index (χ1v) is 12.2. The van der Waals surface area contributed by atoms with Crippen molar-refractivity contribution in [3.05, 3.63) is 36.2 Å². The predicted octanol–water partition coefficient (Wildman–Crippen LogP) is 5.40. The van der Waals surface area contributed by atoms with Crippen molar-refractivity contribution in [2.75, 3.05) is 25.3 Å². The number of nitrogens with one attached hydrogen (secondary N) is 2. The summed E-state index contributed by atoms with van der Waals surface area (Å²) >= 11 is 0. The van der Waals surface area contributed by atoms with Crippen LogP contribution in [0.1, 0.15) is 31.2 Å². The van der Waals surface area contributed by atoms with Gasteiger partial charge in [-0.2, -0.15) is 13.2 Å². The molecule has 0 saturated heterocycles. The molecule has 10 heteroatoms. The number of alkyl halides is 3. The Balaban J connectivity index is 1.83. The first-order valence-electron chi connectivity index (χ1n) is 10.0. The Bertz CT molecular complexity index is 1080. The van der Waals surface area contributed by atoms with Gasteiger partial charge in [0, 0.05) is 23.3 Å². The van der Waals surface area contributed by atoms with Crippen molar-refractivity contribution in [2.45, 2.75) is 37.4 Å². The second-order valence-electron chi connectivity index (χ2n) is 8.01. The maximum Gasteiger partial charge on any atom is 0.419 e. The predicted molar refractivity (Wildman–Crippen MR) is 116 cm³/mol. The van der Waals surface area contributed by atoms with E-state index in [0.29, 0.717) is 35.1 Å². The van der Waals surface area contributed by atoms with Crippen LogP contribution in [0.3, 0.4) is 0 Å². The number of hydrogen-bond acceptors (Lipinski definition) is 5. The molecule has 1 aliphatic rings. The molecular weight excluding hydrogens is 428 g/mol. The van der Waals surface area contributed by atoms with E-state index in [1.54, 1.807) is 18.2 Å². The summed E-state index contributed by atoms with van der Waals surface area (Å²) in [5, 5.41) is 13.5. The van der Waals surface area contributed by atoms with Gasteiger partial charge in [0.15, 0.2) is 0 Å². The fourth-order valence-electron chi connectivity index (χ4n) is 4.06. The zero-order valence-corrected chi connectivity index (χ0v) is 18.1. The average Bonchev–Trinajstić information content (AvgIpc) is 3.35. The van der Waals surface area contributed by atoms with Crippen LogP contribution in [0, 0.1) is 0 Å². The first-order chi connectivity index (χ1) is 14.7. The first kappa shape index (κ1) is 21.8. The number of nitrogens with zero attached hydrogens (tertiary/aromatic N) is 2. The summed E-state index contributed by atoms with van der Waals surface area (Å²) in [5.74, 6) is 0.664. The van der Waals surface area contributed by atoms with Crippen LogP contribution in [0.5, 0.6) is 5.75 Å². The number of rotatable bonds is 6. The SMILES string of the molecule is CP(C)Oc1cccc2c(-c3nc(NC4(CO)CCCC4)ncc3C(F)(F)F)c[nH]c12. The molecule has 3 aromatic rings. The molecule has 0 spiro atoms. The molecule has 0 atom stereocenters. The second kappa shape index (κ2) is 8.28. The van der Waals surface area contributed by atoms with Crippen molar-refractivity contribution in [1.82, 2.24) is 15.0 Å². The lowest BCUT2D eigenvalue weighted by molar-refractivity contribution is -0.137. The van der Waals surface area contributed by atoms with Crippen LogP contribution in [0.25, 0.3) is 22.2 Å². The highest BCUT2D eigenvalue weighted by atomic mass is 31.1. The van der Waals surface area contributed by atoms with Gasteiger partial charge in [-0.15, -0.1) is 0 Å². The largest absolute Gasteiger partial charge is 0.472 e. The average molecular weight is 452 g/mol. The molecule has 0 radical (unpaired) electrons. The van der Waals surface area contributed by atoms with Gasteiger partial charge in [-0.1, -0.05) is 25.0 Å². The number of anilines is 1. The van der Waals surface area contributed by atoms with E-state index in [4.69, 9.17) is 4.52 Å². The van der Waals surface area contributed by atoms with Gasteiger partial charge < -0.3 is 19.9 Å². The quantitative estimate of drug-likeness (QED) is 0.437. The number of hydrogen-bond donors (Lipinski definition) is 3. The van der Waals surface area contributed by atoms with Crippen LogP contribution in [-0.4, -0.2) is 45.5 Å². The minimum Gasteiger partial charge on any atom is -0.472 e. The normalized spacial score (nSPS) is 16.2. The maximum atomic E-state index is 13.8. The van der Waals surface area contributed by atoms with Crippen molar-refractivity contribution in [3.8, 4) is 17.0 Å². The van der Waals surface area contributed by atoms with Gasteiger partial charge >= 0.3 is 6.18 Å². The molecule has 2 heterocycles. The number of aromatic nitrogens is 3. The number of aromatic amines is 1. The van der Waals surface area contributed by atoms with Gasteiger partial charge in [-0.25, -0.2) is 9.97 Å². The molecule has 166 valence electrons. The Morgan fingerprint density at radius 3 is 2.65 bits per heavy atom. The molecule has 0 aliphatic heterocycles. The van der Waals surface area contributed by atoms with Crippen LogP contribution < -0.4 is 9.84 Å². The van der Waals surface area contributed by atoms with E-state index in [1.165, 1.54) is 6.20 Å². The summed E-state index contributed by atoms with van der Waals surface area (Å²) < 4.78 is 47.2. The molecule has 1 aliphatic carbocycles. The topological polar surface area (TPSA) is 83.1 Å². The van der Waals surface area contributed by atoms with E-state index in [-0.39, 0.29) is 18.2 Å². The van der Waals surface area contributed by atoms with Gasteiger partial charge in [-0.3, -0.25) is 0 Å². The number of benzene rings is 1. The molecule has 0 unspecified atom stereocenters. The minimum atomic E-state index is -4.62. The maximum absolute atomic E-state index is 13.8. The number of para-hydroxylation sites is 1. The van der Waals surface area contributed by atoms with Crippen LogP contribution in [-0.2, 0) is 6.18 Å². The molecule has 31 heavy (non-hydrogen) atoms. The highest BCUT2D eigenvalue weighted by Crippen LogP contribution is 2.42. The van der Waals surface area contributed by atoms with Crippen molar-refractivity contribution in [1.29, 1.82) is 0 Å². The Morgan fingerprint density at radius 2 is 2.00 bits per heavy atom. The number of aliphatic hydroxyl groups excluding tert-OH is 1. The molecule has 6 nitrogen and oxygen atoms in total. The smallest absolute Gasteiger partial charge is 0.419 e. The zero-order chi connectivity index (χ0) is 22.2. The molecule has 1 aromatic carbocycles. The van der Waals surface area contributed by atoms with Gasteiger partial charge in [-0.05, 0) is 32.2 Å². The Kier molecular flexibility index (Phi) is 5.83. The lowest BCUT2D eigenvalue weighted by Crippen LogP contribution is -2.39. The summed E-state index contributed by atoms with van der Waals surface area (Å²) in [5.41, 5.74) is -0.785. The summed E-state index contributed by atoms with van der Waals surface area (Å²) in [6, 6.07) is 5.28. The van der Waals surface area contributed by atoms with Gasteiger partial charge in [0.2, 0.25) is 5.95 Å². The highest BCUT2D eigenvalue weighted by molar-refractivity contribution is 7.51. The second-order valence-corrected chi connectivity index (χ2v) is 9.82. The van der Waals surface area contributed by atoms with Crippen molar-refractivity contribution < 1.29 is 22.8 Å². The zero-order valence-electron chi connectivity index (χ0n) is 17.3. The third kappa shape index (κ3) is 4.34. The van der Waals surface area contributed by atoms with E-state index >= 15 is 0 Å². The monoisotopic (exact) mass is 452 g/mol. The number of halogens is 3. The number of aliphatic hydroxyl groups is 1. The van der Waals surface area contributed by atoms with Crippen LogP contribution in [0.2, 0.25) is 0 Å². The Labute approximate surface area is 179 Å². The van der Waals surface area contributed by atoms with Gasteiger partial charge in [0.05, 0.1) is 31.5 Å². The summed E-state index contributed by atoms with van der Waals surface area (Å²) in [7, 11) is -0.700. The van der Waals surface area contributed by atoms with Crippen LogP contribution in [0.4, 0.5) is 19.1 Å². The van der Waals surface area contributed by atoms with E-state index in [1.807, 2.05) is 13.3 Å². The van der Waals surface area contributed by atoms with E-state index < -0.39 is 25.4 Å². The minimum absolute atomic E-state index is 0.0753. The van der Waals surface area contributed by atoms with Crippen LogP contribution in [0.15, 0.2) is 30.6 Å². The van der Waals surface area contributed by atoms with Crippen molar-refractivity contribution in [2.24, 2.45) is 0 Å². The van der Waals surface area contributed by atoms with E-state index in [0.717, 1.165) is 19.0 Å². The standard InChI is InChI=1S/C21H24F3N4O2P/c1-31(2)30-16-7-5-6-13-14(10-25-18(13)16)17-15(21(22,23)24)11-26-19(27-17)28-20(12-29)8-3-4-9-20/h5-7,10-11,25,29H,3-4,8-9,12H2,1-2H3,(H,26,27,28). The third-order valence-electron chi connectivity index (χ3n) is 5.55. The Hall–Kier alpha value is -2.38. The fraction of sp³-hybridized carbons (Fsp3) is 0.429. The van der Waals surface area contributed by atoms with Crippen LogP contribution >= 0.6 is 8.15 Å². The molecule has 2 aromatic heterocycles. The lowest BCUT2D eigenvalue weighted by Gasteiger charge is -2.28. The summed E-state index contributed by atoms with van der Waals surface area (Å²) in [4.78, 5) is 11.2. The van der Waals surface area contributed by atoms with E-state index in [2.05, 4.69) is 20.3 Å². The van der Waals surface area contributed by atoms with Crippen molar-refractivity contribution in [3.63, 3.8) is 0 Å². The molecule has 4 rings (SSSR count). The highest BCUT2D eigenvalue weighted by Gasteiger charge is 2.38. The van der Waals surface area contributed by atoms with Crippen molar-refractivity contribution >= 4 is 25.0 Å². The van der Waals surface area contributed by atoms with Gasteiger partial charge in [0.1, 0.15) is 11.3 Å². The third-order valence-corrected chi connectivity index (χ3v) is 6.11. The van der Waals surface area contributed by atoms with E-state index in [9.17, 15) is 18.3 Å². The fourth-order valence-corrected chi connectivity index (χ4v) is 4.61. The Morgan fingerprint density at radius 1 is 1.26 bits per heavy atom. The molecular formula is C21H24F3N4O2P. The number of fused-ring (bicyclic) bond motifs is 1. The van der Waals surface area contributed by atoms with Gasteiger partial charge in [0.25, 0.3) is 0 Å². The number of H-pyrrole nitrogens is 1. The molecule has 0 amide bonds. The molecule has 1 fully saturated rings. The summed E-state index contributed by atoms with van der Waals surface area (Å²) in [6.45, 7) is 3.77. The summed E-state index contributed by atoms with van der Waals surface area (Å²) in [6.07, 6.45) is 1.01. The lowest BCUT2D eigenvalue weighted by atomic mass is 9.99. The molecule has 1 saturated carbocycles. The molecule has 0 bridgehead atoms. The molecule has 3 N–H and O–H groups in total.